The second-order valence-corrected chi connectivity index (χ2v) is 17.5. The van der Waals surface area contributed by atoms with Crippen LogP contribution in [0.15, 0.2) is 191 Å². The molecule has 0 radical (unpaired) electrons. The highest BCUT2D eigenvalue weighted by atomic mass is 15.1. The smallest absolute Gasteiger partial charge is 0.0720 e. The predicted octanol–water partition coefficient (Wildman–Crippen LogP) is 16.6. The predicted molar refractivity (Wildman–Crippen MR) is 270 cm³/mol. The van der Waals surface area contributed by atoms with Gasteiger partial charge in [0.15, 0.2) is 0 Å². The van der Waals surface area contributed by atoms with Gasteiger partial charge in [0, 0.05) is 35.0 Å². The second kappa shape index (κ2) is 18.3. The van der Waals surface area contributed by atoms with Crippen molar-refractivity contribution >= 4 is 23.1 Å². The number of allylic oxidation sites excluding steroid dienone is 12. The number of anilines is 3. The first-order chi connectivity index (χ1) is 29.8. The van der Waals surface area contributed by atoms with Crippen molar-refractivity contribution in [3.63, 3.8) is 0 Å². The van der Waals surface area contributed by atoms with E-state index in [2.05, 4.69) is 238 Å². The topological polar surface area (TPSA) is 6.48 Å². The maximum atomic E-state index is 5.12. The molecule has 5 aromatic carbocycles. The Morgan fingerprint density at radius 3 is 1.77 bits per heavy atom. The molecule has 0 heterocycles. The monoisotopic (exact) mass is 813 g/mol. The molecular weight excluding hydrogens is 749 g/mol. The molecule has 2 aliphatic carbocycles. The van der Waals surface area contributed by atoms with Crippen LogP contribution >= 0.6 is 0 Å². The molecule has 1 spiro atoms. The molecule has 2 aliphatic rings. The van der Waals surface area contributed by atoms with Gasteiger partial charge in [0.25, 0.3) is 0 Å². The van der Waals surface area contributed by atoms with Gasteiger partial charge in [0.05, 0.1) is 5.41 Å². The Balaban J connectivity index is 1.44. The molecule has 0 bridgehead atoms. The summed E-state index contributed by atoms with van der Waals surface area (Å²) in [7, 11) is 0. The zero-order valence-electron chi connectivity index (χ0n) is 38.9. The third kappa shape index (κ3) is 8.19. The van der Waals surface area contributed by atoms with Crippen molar-refractivity contribution in [1.29, 1.82) is 0 Å². The van der Waals surface area contributed by atoms with Gasteiger partial charge in [-0.3, -0.25) is 0 Å². The van der Waals surface area contributed by atoms with Gasteiger partial charge in [0.2, 0.25) is 0 Å². The van der Waals surface area contributed by atoms with Crippen molar-refractivity contribution in [2.75, 3.05) is 11.4 Å². The first-order valence-corrected chi connectivity index (χ1v) is 22.3. The highest BCUT2D eigenvalue weighted by molar-refractivity contribution is 5.91. The highest BCUT2D eigenvalue weighted by Gasteiger charge is 2.49. The van der Waals surface area contributed by atoms with Crippen molar-refractivity contribution in [2.45, 2.75) is 88.0 Å². The van der Waals surface area contributed by atoms with E-state index in [1.807, 2.05) is 0 Å². The lowest BCUT2D eigenvalue weighted by atomic mass is 9.65. The molecule has 0 aliphatic heterocycles. The average molecular weight is 813 g/mol. The molecule has 0 atom stereocenters. The molecule has 0 aromatic heterocycles. The third-order valence-electron chi connectivity index (χ3n) is 13.3. The van der Waals surface area contributed by atoms with E-state index in [-0.39, 0.29) is 0 Å². The quantitative estimate of drug-likeness (QED) is 0.123. The highest BCUT2D eigenvalue weighted by Crippen LogP contribution is 2.59. The first kappa shape index (κ1) is 43.7. The molecule has 0 saturated carbocycles. The van der Waals surface area contributed by atoms with Crippen molar-refractivity contribution in [3.8, 4) is 11.1 Å². The second-order valence-electron chi connectivity index (χ2n) is 17.5. The molecule has 314 valence electrons. The van der Waals surface area contributed by atoms with E-state index in [4.69, 9.17) is 6.58 Å². The van der Waals surface area contributed by atoms with Crippen LogP contribution in [-0.4, -0.2) is 11.4 Å². The summed E-state index contributed by atoms with van der Waals surface area (Å²) in [4.78, 5) is 4.84. The Morgan fingerprint density at radius 1 is 0.661 bits per heavy atom. The van der Waals surface area contributed by atoms with E-state index in [1.54, 1.807) is 0 Å². The lowest BCUT2D eigenvalue weighted by Crippen LogP contribution is -2.30. The van der Waals surface area contributed by atoms with Crippen LogP contribution in [0.4, 0.5) is 17.1 Å². The minimum Gasteiger partial charge on any atom is -0.342 e. The standard InChI is InChI=1S/C60H64N2/c1-13-41(5)36-51(14-2)61(35-19-20-42(6)40(3)4)47(11)27-28-49-29-30-50-31-34-54(62(52-32-25-43(7)45(9)37-52)53-33-26-44(8)46(10)38-53)39-59(50)60(48(49)12)57-23-17-15-21-55(57)56-22-16-18-24-58(56)60/h14-34,36-39H,12-13,35H2,1-11H3/b20-19-,41-36-,47-27+,49-28-,51-14+. The van der Waals surface area contributed by atoms with Crippen molar-refractivity contribution in [2.24, 2.45) is 0 Å². The van der Waals surface area contributed by atoms with Crippen LogP contribution in [0, 0.1) is 27.7 Å². The number of hydrogen-bond acceptors (Lipinski definition) is 2. The molecule has 7 rings (SSSR count). The fourth-order valence-corrected chi connectivity index (χ4v) is 8.92. The van der Waals surface area contributed by atoms with E-state index in [9.17, 15) is 0 Å². The third-order valence-corrected chi connectivity index (χ3v) is 13.3. The summed E-state index contributed by atoms with van der Waals surface area (Å²) >= 11 is 0. The SMILES string of the molecule is C=C1/C(=C\C=C(/C)N(C/C=C\C(C)=C(C)C)C(/C=C(/C)CC)=C/C)C=Cc2ccc(N(c3ccc(C)c(C)c3)c3ccc(C)c(C)c3)cc2C12c1ccccc1-c1ccccc12. The summed E-state index contributed by atoms with van der Waals surface area (Å²) in [6, 6.07) is 38.7. The normalized spacial score (nSPS) is 15.2. The number of rotatable bonds is 11. The van der Waals surface area contributed by atoms with Crippen LogP contribution in [0.3, 0.4) is 0 Å². The van der Waals surface area contributed by atoms with E-state index < -0.39 is 5.41 Å². The Bertz CT molecular complexity index is 2670. The number of fused-ring (bicyclic) bond motifs is 7. The molecule has 5 aromatic rings. The number of hydrogen-bond donors (Lipinski definition) is 0. The van der Waals surface area contributed by atoms with Gasteiger partial charge >= 0.3 is 0 Å². The number of nitrogens with zero attached hydrogens (tertiary/aromatic N) is 2. The molecule has 62 heavy (non-hydrogen) atoms. The lowest BCUT2D eigenvalue weighted by Gasteiger charge is -2.37. The van der Waals surface area contributed by atoms with Gasteiger partial charge in [-0.25, -0.2) is 0 Å². The fourth-order valence-electron chi connectivity index (χ4n) is 8.92. The van der Waals surface area contributed by atoms with Crippen LogP contribution in [0.2, 0.25) is 0 Å². The van der Waals surface area contributed by atoms with Crippen molar-refractivity contribution in [1.82, 2.24) is 4.90 Å². The van der Waals surface area contributed by atoms with E-state index in [0.29, 0.717) is 0 Å². The van der Waals surface area contributed by atoms with Crippen LogP contribution in [0.5, 0.6) is 0 Å². The van der Waals surface area contributed by atoms with Crippen molar-refractivity contribution < 1.29 is 0 Å². The Morgan fingerprint density at radius 2 is 1.23 bits per heavy atom. The molecule has 0 saturated heterocycles. The number of aryl methyl sites for hydroxylation is 4. The van der Waals surface area contributed by atoms with Gasteiger partial charge in [-0.15, -0.1) is 0 Å². The largest absolute Gasteiger partial charge is 0.342 e. The summed E-state index contributed by atoms with van der Waals surface area (Å²) in [6.45, 7) is 30.0. The Labute approximate surface area is 373 Å². The summed E-state index contributed by atoms with van der Waals surface area (Å²) in [5, 5.41) is 0. The zero-order valence-corrected chi connectivity index (χ0v) is 38.9. The van der Waals surface area contributed by atoms with Crippen LogP contribution in [0.1, 0.15) is 99.4 Å². The Kier molecular flexibility index (Phi) is 12.9. The minimum absolute atomic E-state index is 0.645. The lowest BCUT2D eigenvalue weighted by molar-refractivity contribution is 0.486. The first-order valence-electron chi connectivity index (χ1n) is 22.3. The summed E-state index contributed by atoms with van der Waals surface area (Å²) in [6.07, 6.45) is 19.3. The molecule has 0 N–H and O–H groups in total. The molecule has 0 amide bonds. The van der Waals surface area contributed by atoms with Gasteiger partial charge in [-0.05, 0) is 191 Å². The van der Waals surface area contributed by atoms with Crippen LogP contribution < -0.4 is 4.90 Å². The molecule has 2 nitrogen and oxygen atoms in total. The van der Waals surface area contributed by atoms with E-state index in [0.717, 1.165) is 46.9 Å². The minimum atomic E-state index is -0.645. The van der Waals surface area contributed by atoms with E-state index >= 15 is 0 Å². The van der Waals surface area contributed by atoms with E-state index in [1.165, 1.54) is 78.1 Å². The van der Waals surface area contributed by atoms with Crippen molar-refractivity contribution in [3.05, 3.63) is 236 Å². The maximum absolute atomic E-state index is 5.12. The molecule has 0 unspecified atom stereocenters. The van der Waals surface area contributed by atoms with Gasteiger partial charge in [-0.1, -0.05) is 133 Å². The van der Waals surface area contributed by atoms with Crippen LogP contribution in [-0.2, 0) is 5.41 Å². The van der Waals surface area contributed by atoms with Gasteiger partial charge in [-0.2, -0.15) is 0 Å². The molecular formula is C60H64N2. The summed E-state index contributed by atoms with van der Waals surface area (Å²) in [5.41, 5.74) is 23.8. The molecule has 2 heteroatoms. The average Bonchev–Trinajstić information content (AvgIpc) is 3.50. The maximum Gasteiger partial charge on any atom is 0.0720 e. The Hall–Kier alpha value is -6.38. The van der Waals surface area contributed by atoms with Gasteiger partial charge in [0.1, 0.15) is 0 Å². The number of benzene rings is 5. The van der Waals surface area contributed by atoms with Gasteiger partial charge < -0.3 is 9.80 Å². The van der Waals surface area contributed by atoms with Crippen LogP contribution in [0.25, 0.3) is 17.2 Å². The zero-order chi connectivity index (χ0) is 44.3. The fraction of sp³-hybridized carbons (Fsp3) is 0.233. The summed E-state index contributed by atoms with van der Waals surface area (Å²) in [5.74, 6) is 0. The molecule has 0 fully saturated rings. The summed E-state index contributed by atoms with van der Waals surface area (Å²) < 4.78 is 0.